The molecule has 0 saturated carbocycles. The Morgan fingerprint density at radius 3 is 2.74 bits per heavy atom. The van der Waals surface area contributed by atoms with E-state index >= 15 is 0 Å². The van der Waals surface area contributed by atoms with Crippen molar-refractivity contribution in [2.24, 2.45) is 0 Å². The summed E-state index contributed by atoms with van der Waals surface area (Å²) in [6.07, 6.45) is 4.51. The molecule has 3 rings (SSSR count). The molecule has 6 atom stereocenters. The van der Waals surface area contributed by atoms with Crippen molar-refractivity contribution < 1.29 is 27.4 Å². The van der Waals surface area contributed by atoms with Crippen molar-refractivity contribution in [2.75, 3.05) is 25.6 Å². The largest absolute Gasteiger partial charge is 0.353 e. The van der Waals surface area contributed by atoms with Crippen LogP contribution < -0.4 is 0 Å². The summed E-state index contributed by atoms with van der Waals surface area (Å²) in [5.74, 6) is 0.304. The molecule has 0 amide bonds. The molecule has 0 N–H and O–H groups in total. The van der Waals surface area contributed by atoms with E-state index in [4.69, 9.17) is 18.9 Å². The van der Waals surface area contributed by atoms with Gasteiger partial charge in [-0.3, -0.25) is 8.42 Å². The molecule has 3 saturated heterocycles. The third kappa shape index (κ3) is 3.72. The molecule has 3 aliphatic rings. The standard InChI is InChI=1S/C15H26O6S2/c1-2-15(21-14-12(23(15)17)6-5-9-20-14)22(16)11-10-19-13-7-3-4-8-18-13/h12-14H,2-11H2,1H3. The van der Waals surface area contributed by atoms with Crippen LogP contribution in [0.3, 0.4) is 0 Å². The van der Waals surface area contributed by atoms with Crippen LogP contribution in [0.4, 0.5) is 0 Å². The highest BCUT2D eigenvalue weighted by molar-refractivity contribution is 8.04. The van der Waals surface area contributed by atoms with Gasteiger partial charge in [0, 0.05) is 13.2 Å². The van der Waals surface area contributed by atoms with Gasteiger partial charge in [-0.15, -0.1) is 0 Å². The Kier molecular flexibility index (Phi) is 6.25. The smallest absolute Gasteiger partial charge is 0.220 e. The summed E-state index contributed by atoms with van der Waals surface area (Å²) < 4.78 is 47.2. The molecule has 134 valence electrons. The zero-order chi connectivity index (χ0) is 16.3. The van der Waals surface area contributed by atoms with Crippen LogP contribution in [0.5, 0.6) is 0 Å². The number of hydrogen-bond donors (Lipinski definition) is 0. The highest BCUT2D eigenvalue weighted by Crippen LogP contribution is 2.41. The highest BCUT2D eigenvalue weighted by Gasteiger charge is 2.57. The van der Waals surface area contributed by atoms with Gasteiger partial charge in [-0.1, -0.05) is 6.92 Å². The van der Waals surface area contributed by atoms with E-state index in [9.17, 15) is 8.42 Å². The van der Waals surface area contributed by atoms with E-state index in [0.29, 0.717) is 25.4 Å². The van der Waals surface area contributed by atoms with Crippen LogP contribution >= 0.6 is 0 Å². The van der Waals surface area contributed by atoms with Crippen molar-refractivity contribution in [3.63, 3.8) is 0 Å². The zero-order valence-electron chi connectivity index (χ0n) is 13.6. The van der Waals surface area contributed by atoms with Crippen LogP contribution in [0, 0.1) is 0 Å². The minimum atomic E-state index is -1.39. The molecule has 6 nitrogen and oxygen atoms in total. The van der Waals surface area contributed by atoms with Crippen LogP contribution in [0.15, 0.2) is 0 Å². The van der Waals surface area contributed by atoms with Crippen molar-refractivity contribution in [1.29, 1.82) is 0 Å². The van der Waals surface area contributed by atoms with Crippen LogP contribution in [-0.2, 0) is 40.5 Å². The van der Waals surface area contributed by atoms with Crippen LogP contribution in [0.2, 0.25) is 0 Å². The van der Waals surface area contributed by atoms with Gasteiger partial charge in [0.25, 0.3) is 0 Å². The minimum Gasteiger partial charge on any atom is -0.353 e. The third-order valence-electron chi connectivity index (χ3n) is 4.59. The molecule has 0 aromatic rings. The van der Waals surface area contributed by atoms with Gasteiger partial charge in [-0.25, -0.2) is 0 Å². The van der Waals surface area contributed by atoms with Crippen LogP contribution in [-0.4, -0.2) is 56.1 Å². The fraction of sp³-hybridized carbons (Fsp3) is 1.00. The second kappa shape index (κ2) is 8.01. The molecular formula is C15H26O6S2. The summed E-state index contributed by atoms with van der Waals surface area (Å²) in [5, 5.41) is -0.157. The van der Waals surface area contributed by atoms with Crippen molar-refractivity contribution in [3.8, 4) is 0 Å². The first kappa shape index (κ1) is 17.9. The topological polar surface area (TPSA) is 71.1 Å². The van der Waals surface area contributed by atoms with Gasteiger partial charge in [0.2, 0.25) is 4.27 Å². The Bertz CT molecular complexity index is 453. The van der Waals surface area contributed by atoms with Crippen molar-refractivity contribution in [3.05, 3.63) is 0 Å². The van der Waals surface area contributed by atoms with Gasteiger partial charge < -0.3 is 18.9 Å². The quantitative estimate of drug-likeness (QED) is 0.711. The molecule has 23 heavy (non-hydrogen) atoms. The van der Waals surface area contributed by atoms with Crippen molar-refractivity contribution in [2.45, 2.75) is 67.5 Å². The lowest BCUT2D eigenvalue weighted by atomic mass is 10.2. The third-order valence-corrected chi connectivity index (χ3v) is 9.26. The summed E-state index contributed by atoms with van der Waals surface area (Å²) in [5.41, 5.74) is 0. The molecule has 0 aromatic heterocycles. The predicted molar refractivity (Wildman–Crippen MR) is 87.6 cm³/mol. The average Bonchev–Trinajstić information content (AvgIpc) is 2.89. The molecule has 3 heterocycles. The molecule has 0 spiro atoms. The van der Waals surface area contributed by atoms with Crippen molar-refractivity contribution in [1.82, 2.24) is 0 Å². The Hall–Kier alpha value is 0.140. The SMILES string of the molecule is CCC1(S(=O)CCOC2CCCCO2)OC2OCCCC2S1=O. The first-order chi connectivity index (χ1) is 11.2. The fourth-order valence-electron chi connectivity index (χ4n) is 3.29. The van der Waals surface area contributed by atoms with E-state index in [2.05, 4.69) is 0 Å². The number of rotatable bonds is 6. The van der Waals surface area contributed by atoms with Crippen LogP contribution in [0.25, 0.3) is 0 Å². The Balaban J connectivity index is 1.56. The Labute approximate surface area is 142 Å². The van der Waals surface area contributed by atoms with E-state index in [1.807, 2.05) is 6.92 Å². The second-order valence-corrected chi connectivity index (χ2v) is 9.97. The Morgan fingerprint density at radius 1 is 1.22 bits per heavy atom. The van der Waals surface area contributed by atoms with Gasteiger partial charge in [-0.2, -0.15) is 0 Å². The van der Waals surface area contributed by atoms with Gasteiger partial charge in [0.15, 0.2) is 12.6 Å². The summed E-state index contributed by atoms with van der Waals surface area (Å²) in [6, 6.07) is 0. The zero-order valence-corrected chi connectivity index (χ0v) is 15.2. The summed E-state index contributed by atoms with van der Waals surface area (Å²) in [6.45, 7) is 3.54. The van der Waals surface area contributed by atoms with E-state index in [-0.39, 0.29) is 11.5 Å². The lowest BCUT2D eigenvalue weighted by Gasteiger charge is -2.26. The maximum absolute atomic E-state index is 12.8. The van der Waals surface area contributed by atoms with Gasteiger partial charge in [0.05, 0.1) is 39.2 Å². The normalized spacial score (nSPS) is 42.3. The van der Waals surface area contributed by atoms with E-state index in [0.717, 1.165) is 38.7 Å². The van der Waals surface area contributed by atoms with E-state index < -0.39 is 32.2 Å². The van der Waals surface area contributed by atoms with E-state index in [1.54, 1.807) is 0 Å². The second-order valence-electron chi connectivity index (χ2n) is 6.09. The fourth-order valence-corrected chi connectivity index (χ4v) is 7.37. The predicted octanol–water partition coefficient (Wildman–Crippen LogP) is 1.63. The van der Waals surface area contributed by atoms with Gasteiger partial charge >= 0.3 is 0 Å². The summed E-state index contributed by atoms with van der Waals surface area (Å²) >= 11 is 0. The molecule has 0 radical (unpaired) electrons. The average molecular weight is 367 g/mol. The van der Waals surface area contributed by atoms with Crippen LogP contribution in [0.1, 0.15) is 45.4 Å². The van der Waals surface area contributed by atoms with Crippen molar-refractivity contribution >= 4 is 21.6 Å². The molecule has 8 heteroatoms. The maximum atomic E-state index is 12.8. The van der Waals surface area contributed by atoms with Gasteiger partial charge in [-0.05, 0) is 38.5 Å². The molecule has 3 fully saturated rings. The highest BCUT2D eigenvalue weighted by atomic mass is 32.2. The first-order valence-electron chi connectivity index (χ1n) is 8.49. The minimum absolute atomic E-state index is 0.157. The number of ether oxygens (including phenoxy) is 4. The number of fused-ring (bicyclic) bond motifs is 1. The number of hydrogen-bond acceptors (Lipinski definition) is 6. The van der Waals surface area contributed by atoms with Gasteiger partial charge in [0.1, 0.15) is 0 Å². The first-order valence-corrected chi connectivity index (χ1v) is 11.0. The van der Waals surface area contributed by atoms with E-state index in [1.165, 1.54) is 0 Å². The summed E-state index contributed by atoms with van der Waals surface area (Å²) in [7, 11) is -2.70. The lowest BCUT2D eigenvalue weighted by Crippen LogP contribution is -2.40. The monoisotopic (exact) mass is 366 g/mol. The molecule has 0 bridgehead atoms. The molecule has 6 unspecified atom stereocenters. The molecule has 3 aliphatic heterocycles. The summed E-state index contributed by atoms with van der Waals surface area (Å²) in [4.78, 5) is 0. The Morgan fingerprint density at radius 2 is 2.04 bits per heavy atom. The lowest BCUT2D eigenvalue weighted by molar-refractivity contribution is -0.163. The molecule has 0 aromatic carbocycles. The molecular weight excluding hydrogens is 340 g/mol. The maximum Gasteiger partial charge on any atom is 0.220 e. The molecule has 0 aliphatic carbocycles.